The lowest BCUT2D eigenvalue weighted by molar-refractivity contribution is -0.121. The first-order chi connectivity index (χ1) is 12.0. The van der Waals surface area contributed by atoms with Gasteiger partial charge in [0.1, 0.15) is 12.4 Å². The van der Waals surface area contributed by atoms with E-state index in [0.717, 1.165) is 31.8 Å². The van der Waals surface area contributed by atoms with Gasteiger partial charge in [-0.3, -0.25) is 9.69 Å². The van der Waals surface area contributed by atoms with Crippen LogP contribution < -0.4 is 15.4 Å². The largest absolute Gasteiger partial charge is 0.492 e. The van der Waals surface area contributed by atoms with Gasteiger partial charge in [-0.25, -0.2) is 4.79 Å². The van der Waals surface area contributed by atoms with Crippen LogP contribution in [0.2, 0.25) is 5.02 Å². The van der Waals surface area contributed by atoms with Gasteiger partial charge in [0.25, 0.3) is 0 Å². The van der Waals surface area contributed by atoms with E-state index >= 15 is 0 Å². The summed E-state index contributed by atoms with van der Waals surface area (Å²) in [5.74, 6) is 0.720. The molecule has 1 aromatic rings. The Balaban J connectivity index is 1.78. The Kier molecular flexibility index (Phi) is 7.33. The predicted octanol–water partition coefficient (Wildman–Crippen LogP) is 1.81. The molecule has 1 aliphatic rings. The van der Waals surface area contributed by atoms with Crippen LogP contribution in [0.5, 0.6) is 5.75 Å². The number of benzene rings is 1. The third kappa shape index (κ3) is 6.43. The lowest BCUT2D eigenvalue weighted by atomic mass is 9.96. The van der Waals surface area contributed by atoms with Gasteiger partial charge in [0.15, 0.2) is 0 Å². The lowest BCUT2D eigenvalue weighted by Crippen LogP contribution is -2.43. The minimum absolute atomic E-state index is 0.115. The molecule has 1 aromatic carbocycles. The number of ether oxygens (including phenoxy) is 1. The summed E-state index contributed by atoms with van der Waals surface area (Å²) < 4.78 is 5.69. The SMILES string of the molecule is CNC(=O)CC(NC(=O)O)C1CCN(CCOc2ccc(Cl)cc2)C1. The number of carboxylic acid groups (broad SMARTS) is 1. The molecular weight excluding hydrogens is 346 g/mol. The molecule has 7 nitrogen and oxygen atoms in total. The molecule has 0 saturated carbocycles. The number of likely N-dealkylation sites (tertiary alicyclic amines) is 1. The van der Waals surface area contributed by atoms with Gasteiger partial charge < -0.3 is 20.5 Å². The number of hydrogen-bond acceptors (Lipinski definition) is 4. The molecule has 0 aliphatic carbocycles. The van der Waals surface area contributed by atoms with E-state index in [-0.39, 0.29) is 24.3 Å². The third-order valence-electron chi connectivity index (χ3n) is 4.36. The molecule has 1 fully saturated rings. The zero-order valence-corrected chi connectivity index (χ0v) is 15.0. The van der Waals surface area contributed by atoms with Crippen LogP contribution in [-0.4, -0.2) is 61.3 Å². The van der Waals surface area contributed by atoms with Crippen LogP contribution in [0.1, 0.15) is 12.8 Å². The Bertz CT molecular complexity index is 582. The molecule has 25 heavy (non-hydrogen) atoms. The van der Waals surface area contributed by atoms with Crippen molar-refractivity contribution >= 4 is 23.6 Å². The van der Waals surface area contributed by atoms with Gasteiger partial charge in [-0.05, 0) is 43.1 Å². The van der Waals surface area contributed by atoms with Crippen LogP contribution in [0.15, 0.2) is 24.3 Å². The van der Waals surface area contributed by atoms with Gasteiger partial charge in [0, 0.05) is 37.6 Å². The van der Waals surface area contributed by atoms with E-state index in [1.165, 1.54) is 0 Å². The van der Waals surface area contributed by atoms with Crippen molar-refractivity contribution in [2.75, 3.05) is 33.3 Å². The maximum atomic E-state index is 11.6. The molecule has 2 amide bonds. The summed E-state index contributed by atoms with van der Waals surface area (Å²) in [7, 11) is 1.55. The highest BCUT2D eigenvalue weighted by Crippen LogP contribution is 2.22. The van der Waals surface area contributed by atoms with Gasteiger partial charge in [-0.1, -0.05) is 11.6 Å². The fourth-order valence-corrected chi connectivity index (χ4v) is 3.14. The van der Waals surface area contributed by atoms with Crippen LogP contribution in [0.3, 0.4) is 0 Å². The Labute approximate surface area is 152 Å². The molecule has 0 aromatic heterocycles. The standard InChI is InChI=1S/C17H24ClN3O4/c1-19-16(22)10-15(20-17(23)24)12-6-7-21(11-12)8-9-25-14-4-2-13(18)3-5-14/h2-5,12,15,20H,6-11H2,1H3,(H,19,22)(H,23,24). The van der Waals surface area contributed by atoms with Crippen molar-refractivity contribution in [1.29, 1.82) is 0 Å². The second-order valence-electron chi connectivity index (χ2n) is 6.09. The topological polar surface area (TPSA) is 90.9 Å². The fraction of sp³-hybridized carbons (Fsp3) is 0.529. The van der Waals surface area contributed by atoms with E-state index < -0.39 is 6.09 Å². The van der Waals surface area contributed by atoms with Gasteiger partial charge in [-0.2, -0.15) is 0 Å². The first-order valence-electron chi connectivity index (χ1n) is 8.28. The molecule has 1 aliphatic heterocycles. The van der Waals surface area contributed by atoms with E-state index in [1.54, 1.807) is 19.2 Å². The molecule has 2 unspecified atom stereocenters. The first kappa shape index (κ1) is 19.3. The molecule has 8 heteroatoms. The highest BCUT2D eigenvalue weighted by molar-refractivity contribution is 6.30. The zero-order chi connectivity index (χ0) is 18.2. The van der Waals surface area contributed by atoms with E-state index in [0.29, 0.717) is 11.6 Å². The summed E-state index contributed by atoms with van der Waals surface area (Å²) >= 11 is 5.84. The normalized spacial score (nSPS) is 18.6. The monoisotopic (exact) mass is 369 g/mol. The Morgan fingerprint density at radius 3 is 2.76 bits per heavy atom. The Morgan fingerprint density at radius 1 is 1.40 bits per heavy atom. The molecule has 1 saturated heterocycles. The van der Waals surface area contributed by atoms with E-state index in [4.69, 9.17) is 21.4 Å². The number of rotatable bonds is 8. The van der Waals surface area contributed by atoms with Gasteiger partial charge in [-0.15, -0.1) is 0 Å². The van der Waals surface area contributed by atoms with Crippen molar-refractivity contribution in [3.05, 3.63) is 29.3 Å². The summed E-state index contributed by atoms with van der Waals surface area (Å²) in [5.41, 5.74) is 0. The highest BCUT2D eigenvalue weighted by atomic mass is 35.5. The second kappa shape index (κ2) is 9.48. The maximum Gasteiger partial charge on any atom is 0.404 e. The van der Waals surface area contributed by atoms with Crippen molar-refractivity contribution in [1.82, 2.24) is 15.5 Å². The molecule has 138 valence electrons. The van der Waals surface area contributed by atoms with E-state index in [1.807, 2.05) is 12.1 Å². The number of nitrogens with one attached hydrogen (secondary N) is 2. The smallest absolute Gasteiger partial charge is 0.404 e. The number of nitrogens with zero attached hydrogens (tertiary/aromatic N) is 1. The van der Waals surface area contributed by atoms with Crippen molar-refractivity contribution in [2.45, 2.75) is 18.9 Å². The van der Waals surface area contributed by atoms with Crippen molar-refractivity contribution < 1.29 is 19.4 Å². The van der Waals surface area contributed by atoms with Gasteiger partial charge in [0.05, 0.1) is 0 Å². The number of amides is 2. The number of carbonyl (C=O) groups is 2. The molecule has 2 rings (SSSR count). The Morgan fingerprint density at radius 2 is 2.12 bits per heavy atom. The van der Waals surface area contributed by atoms with Crippen LogP contribution in [0.25, 0.3) is 0 Å². The lowest BCUT2D eigenvalue weighted by Gasteiger charge is -2.23. The van der Waals surface area contributed by atoms with Crippen molar-refractivity contribution in [2.24, 2.45) is 5.92 Å². The van der Waals surface area contributed by atoms with Crippen molar-refractivity contribution in [3.8, 4) is 5.75 Å². The quantitative estimate of drug-likeness (QED) is 0.650. The van der Waals surface area contributed by atoms with Crippen LogP contribution in [0.4, 0.5) is 4.79 Å². The number of carbonyl (C=O) groups excluding carboxylic acids is 1. The van der Waals surface area contributed by atoms with Gasteiger partial charge >= 0.3 is 6.09 Å². The summed E-state index contributed by atoms with van der Waals surface area (Å²) in [6, 6.07) is 6.84. The third-order valence-corrected chi connectivity index (χ3v) is 4.61. The van der Waals surface area contributed by atoms with Crippen molar-refractivity contribution in [3.63, 3.8) is 0 Å². The summed E-state index contributed by atoms with van der Waals surface area (Å²) in [5, 5.41) is 14.7. The molecular formula is C17H24ClN3O4. The minimum atomic E-state index is -1.10. The molecule has 0 radical (unpaired) electrons. The maximum absolute atomic E-state index is 11.6. The summed E-state index contributed by atoms with van der Waals surface area (Å²) in [4.78, 5) is 24.8. The molecule has 2 atom stereocenters. The van der Waals surface area contributed by atoms with Crippen LogP contribution >= 0.6 is 11.6 Å². The van der Waals surface area contributed by atoms with Crippen LogP contribution in [0, 0.1) is 5.92 Å². The van der Waals surface area contributed by atoms with E-state index in [2.05, 4.69) is 15.5 Å². The predicted molar refractivity (Wildman–Crippen MR) is 95.1 cm³/mol. The zero-order valence-electron chi connectivity index (χ0n) is 14.2. The van der Waals surface area contributed by atoms with Gasteiger partial charge in [0.2, 0.25) is 5.91 Å². The summed E-state index contributed by atoms with van der Waals surface area (Å²) in [6.45, 7) is 2.89. The molecule has 3 N–H and O–H groups in total. The molecule has 0 spiro atoms. The fourth-order valence-electron chi connectivity index (χ4n) is 3.01. The van der Waals surface area contributed by atoms with E-state index in [9.17, 15) is 9.59 Å². The average molecular weight is 370 g/mol. The Hall–Kier alpha value is -1.99. The number of hydrogen-bond donors (Lipinski definition) is 3. The van der Waals surface area contributed by atoms with Crippen LogP contribution in [-0.2, 0) is 4.79 Å². The molecule has 0 bridgehead atoms. The summed E-state index contributed by atoms with van der Waals surface area (Å²) in [6.07, 6.45) is -0.0933. The average Bonchev–Trinajstić information content (AvgIpc) is 3.04. The first-order valence-corrected chi connectivity index (χ1v) is 8.66. The number of halogens is 1. The second-order valence-corrected chi connectivity index (χ2v) is 6.52. The minimum Gasteiger partial charge on any atom is -0.492 e. The molecule has 1 heterocycles. The highest BCUT2D eigenvalue weighted by Gasteiger charge is 2.31.